The van der Waals surface area contributed by atoms with Gasteiger partial charge in [0.15, 0.2) is 0 Å². The number of likely N-dealkylation sites (N-methyl/N-ethyl adjacent to an activating group) is 1. The summed E-state index contributed by atoms with van der Waals surface area (Å²) in [5.74, 6) is 0. The SMILES string of the molecule is CN(C)CCNCCOCc1ccc(Br)cc1. The highest BCUT2D eigenvalue weighted by atomic mass is 79.9. The quantitative estimate of drug-likeness (QED) is 0.744. The largest absolute Gasteiger partial charge is 0.375 e. The van der Waals surface area contributed by atoms with Crippen molar-refractivity contribution < 1.29 is 4.74 Å². The number of halogens is 1. The van der Waals surface area contributed by atoms with Crippen LogP contribution in [0.2, 0.25) is 0 Å². The Morgan fingerprint density at radius 2 is 1.88 bits per heavy atom. The monoisotopic (exact) mass is 300 g/mol. The van der Waals surface area contributed by atoms with E-state index in [0.29, 0.717) is 6.61 Å². The molecule has 1 rings (SSSR count). The second-order valence-electron chi connectivity index (χ2n) is 4.23. The van der Waals surface area contributed by atoms with Gasteiger partial charge >= 0.3 is 0 Å². The smallest absolute Gasteiger partial charge is 0.0717 e. The molecule has 0 saturated carbocycles. The predicted molar refractivity (Wildman–Crippen MR) is 75.2 cm³/mol. The molecule has 1 aromatic carbocycles. The molecule has 17 heavy (non-hydrogen) atoms. The van der Waals surface area contributed by atoms with E-state index < -0.39 is 0 Å². The van der Waals surface area contributed by atoms with E-state index >= 15 is 0 Å². The van der Waals surface area contributed by atoms with Gasteiger partial charge in [0.25, 0.3) is 0 Å². The molecule has 0 aromatic heterocycles. The van der Waals surface area contributed by atoms with Gasteiger partial charge in [-0.1, -0.05) is 28.1 Å². The highest BCUT2D eigenvalue weighted by Crippen LogP contribution is 2.10. The van der Waals surface area contributed by atoms with Crippen LogP contribution < -0.4 is 5.32 Å². The Labute approximate surface area is 112 Å². The van der Waals surface area contributed by atoms with Crippen LogP contribution in [-0.4, -0.2) is 45.2 Å². The second-order valence-corrected chi connectivity index (χ2v) is 5.15. The van der Waals surface area contributed by atoms with Gasteiger partial charge in [-0.15, -0.1) is 0 Å². The lowest BCUT2D eigenvalue weighted by molar-refractivity contribution is 0.122. The maximum Gasteiger partial charge on any atom is 0.0717 e. The molecule has 0 heterocycles. The summed E-state index contributed by atoms with van der Waals surface area (Å²) in [5.41, 5.74) is 1.21. The van der Waals surface area contributed by atoms with E-state index in [4.69, 9.17) is 4.74 Å². The first-order chi connectivity index (χ1) is 8.18. The first kappa shape index (κ1) is 14.6. The zero-order valence-electron chi connectivity index (χ0n) is 10.6. The molecule has 96 valence electrons. The predicted octanol–water partition coefficient (Wildman–Crippen LogP) is 2.12. The lowest BCUT2D eigenvalue weighted by atomic mass is 10.2. The molecule has 0 spiro atoms. The van der Waals surface area contributed by atoms with Crippen LogP contribution in [0.25, 0.3) is 0 Å². The molecular weight excluding hydrogens is 280 g/mol. The Morgan fingerprint density at radius 1 is 1.18 bits per heavy atom. The number of hydrogen-bond acceptors (Lipinski definition) is 3. The van der Waals surface area contributed by atoms with Gasteiger partial charge in [0.05, 0.1) is 13.2 Å². The van der Waals surface area contributed by atoms with E-state index in [0.717, 1.165) is 30.7 Å². The van der Waals surface area contributed by atoms with E-state index in [2.05, 4.69) is 52.4 Å². The van der Waals surface area contributed by atoms with Gasteiger partial charge in [-0.2, -0.15) is 0 Å². The summed E-state index contributed by atoms with van der Waals surface area (Å²) in [4.78, 5) is 2.16. The zero-order valence-corrected chi connectivity index (χ0v) is 12.2. The fourth-order valence-corrected chi connectivity index (χ4v) is 1.61. The van der Waals surface area contributed by atoms with Crippen molar-refractivity contribution in [2.75, 3.05) is 40.3 Å². The van der Waals surface area contributed by atoms with Gasteiger partial charge in [-0.05, 0) is 31.8 Å². The summed E-state index contributed by atoms with van der Waals surface area (Å²) < 4.78 is 6.68. The summed E-state index contributed by atoms with van der Waals surface area (Å²) in [6.07, 6.45) is 0. The van der Waals surface area contributed by atoms with Crippen LogP contribution in [-0.2, 0) is 11.3 Å². The van der Waals surface area contributed by atoms with Gasteiger partial charge < -0.3 is 15.0 Å². The fraction of sp³-hybridized carbons (Fsp3) is 0.538. The molecule has 0 aliphatic heterocycles. The molecule has 0 radical (unpaired) electrons. The molecule has 0 unspecified atom stereocenters. The molecule has 0 atom stereocenters. The summed E-state index contributed by atoms with van der Waals surface area (Å²) in [6.45, 7) is 4.41. The molecule has 4 heteroatoms. The van der Waals surface area contributed by atoms with Crippen LogP contribution in [0, 0.1) is 0 Å². The molecule has 1 aromatic rings. The molecule has 0 amide bonds. The maximum absolute atomic E-state index is 5.58. The van der Waals surface area contributed by atoms with E-state index in [1.807, 2.05) is 12.1 Å². The molecule has 1 N–H and O–H groups in total. The summed E-state index contributed by atoms with van der Waals surface area (Å²) >= 11 is 3.41. The van der Waals surface area contributed by atoms with Crippen LogP contribution >= 0.6 is 15.9 Å². The molecular formula is C13H21BrN2O. The fourth-order valence-electron chi connectivity index (χ4n) is 1.34. The lowest BCUT2D eigenvalue weighted by Gasteiger charge is -2.10. The second kappa shape index (κ2) is 8.64. The average Bonchev–Trinajstić information content (AvgIpc) is 2.30. The van der Waals surface area contributed by atoms with Crippen molar-refractivity contribution in [3.8, 4) is 0 Å². The Bertz CT molecular complexity index is 301. The summed E-state index contributed by atoms with van der Waals surface area (Å²) in [7, 11) is 4.15. The highest BCUT2D eigenvalue weighted by Gasteiger charge is 1.94. The van der Waals surface area contributed by atoms with Crippen molar-refractivity contribution >= 4 is 15.9 Å². The van der Waals surface area contributed by atoms with Crippen LogP contribution in [0.5, 0.6) is 0 Å². The van der Waals surface area contributed by atoms with Crippen molar-refractivity contribution in [3.05, 3.63) is 34.3 Å². The highest BCUT2D eigenvalue weighted by molar-refractivity contribution is 9.10. The van der Waals surface area contributed by atoms with Crippen molar-refractivity contribution in [2.24, 2.45) is 0 Å². The van der Waals surface area contributed by atoms with Crippen molar-refractivity contribution in [1.82, 2.24) is 10.2 Å². The van der Waals surface area contributed by atoms with Crippen molar-refractivity contribution in [1.29, 1.82) is 0 Å². The van der Waals surface area contributed by atoms with Gasteiger partial charge in [-0.25, -0.2) is 0 Å². The number of nitrogens with zero attached hydrogens (tertiary/aromatic N) is 1. The van der Waals surface area contributed by atoms with Crippen molar-refractivity contribution in [3.63, 3.8) is 0 Å². The standard InChI is InChI=1S/C13H21BrN2O/c1-16(2)9-7-15-8-10-17-11-12-3-5-13(14)6-4-12/h3-6,15H,7-11H2,1-2H3. The lowest BCUT2D eigenvalue weighted by Crippen LogP contribution is -2.28. The van der Waals surface area contributed by atoms with E-state index in [1.54, 1.807) is 0 Å². The number of rotatable bonds is 8. The van der Waals surface area contributed by atoms with E-state index in [1.165, 1.54) is 5.56 Å². The number of nitrogens with one attached hydrogen (secondary N) is 1. The number of ether oxygens (including phenoxy) is 1. The van der Waals surface area contributed by atoms with Crippen LogP contribution in [0.1, 0.15) is 5.56 Å². The number of hydrogen-bond donors (Lipinski definition) is 1. The van der Waals surface area contributed by atoms with Gasteiger partial charge in [0.1, 0.15) is 0 Å². The van der Waals surface area contributed by atoms with Crippen LogP contribution in [0.4, 0.5) is 0 Å². The van der Waals surface area contributed by atoms with E-state index in [9.17, 15) is 0 Å². The topological polar surface area (TPSA) is 24.5 Å². The third kappa shape index (κ3) is 7.49. The van der Waals surface area contributed by atoms with Gasteiger partial charge in [0, 0.05) is 24.1 Å². The maximum atomic E-state index is 5.58. The Hall–Kier alpha value is -0.420. The van der Waals surface area contributed by atoms with Gasteiger partial charge in [-0.3, -0.25) is 0 Å². The Balaban J connectivity index is 1.99. The molecule has 0 saturated heterocycles. The zero-order chi connectivity index (χ0) is 12.5. The summed E-state index contributed by atoms with van der Waals surface area (Å²) in [5, 5.41) is 3.34. The minimum atomic E-state index is 0.683. The normalized spacial score (nSPS) is 11.1. The summed E-state index contributed by atoms with van der Waals surface area (Å²) in [6, 6.07) is 8.22. The molecule has 0 aliphatic rings. The molecule has 0 fully saturated rings. The van der Waals surface area contributed by atoms with Crippen molar-refractivity contribution in [2.45, 2.75) is 6.61 Å². The molecule has 0 bridgehead atoms. The third-order valence-electron chi connectivity index (χ3n) is 2.34. The Kier molecular flexibility index (Phi) is 7.44. The van der Waals surface area contributed by atoms with E-state index in [-0.39, 0.29) is 0 Å². The minimum Gasteiger partial charge on any atom is -0.375 e. The Morgan fingerprint density at radius 3 is 2.53 bits per heavy atom. The minimum absolute atomic E-state index is 0.683. The first-order valence-corrected chi connectivity index (χ1v) is 6.65. The first-order valence-electron chi connectivity index (χ1n) is 5.86. The molecule has 0 aliphatic carbocycles. The van der Waals surface area contributed by atoms with Crippen LogP contribution in [0.3, 0.4) is 0 Å². The molecule has 3 nitrogen and oxygen atoms in total. The average molecular weight is 301 g/mol. The van der Waals surface area contributed by atoms with Gasteiger partial charge in [0.2, 0.25) is 0 Å². The third-order valence-corrected chi connectivity index (χ3v) is 2.87. The van der Waals surface area contributed by atoms with Crippen LogP contribution in [0.15, 0.2) is 28.7 Å². The number of benzene rings is 1.